The van der Waals surface area contributed by atoms with Gasteiger partial charge in [-0.1, -0.05) is 17.7 Å². The highest BCUT2D eigenvalue weighted by atomic mass is 16.2. The molecule has 2 fully saturated rings. The summed E-state index contributed by atoms with van der Waals surface area (Å²) in [7, 11) is 3.63. The summed E-state index contributed by atoms with van der Waals surface area (Å²) in [6.45, 7) is 4.51. The number of carbonyl (C=O) groups is 2. The molecule has 0 aliphatic carbocycles. The molecular formula is C23H29N5O2. The summed E-state index contributed by atoms with van der Waals surface area (Å²) in [5.74, 6) is 0.856. The van der Waals surface area contributed by atoms with Crippen molar-refractivity contribution in [2.45, 2.75) is 19.8 Å². The van der Waals surface area contributed by atoms with E-state index in [2.05, 4.69) is 14.9 Å². The lowest BCUT2D eigenvalue weighted by atomic mass is 9.74. The van der Waals surface area contributed by atoms with Crippen LogP contribution >= 0.6 is 0 Å². The third kappa shape index (κ3) is 3.64. The number of amides is 2. The number of benzene rings is 1. The summed E-state index contributed by atoms with van der Waals surface area (Å²) < 4.78 is 0. The van der Waals surface area contributed by atoms with Crippen molar-refractivity contribution in [1.82, 2.24) is 19.8 Å². The number of hydrogen-bond donors (Lipinski definition) is 0. The average Bonchev–Trinajstić information content (AvgIpc) is 3.02. The smallest absolute Gasteiger partial charge is 0.253 e. The summed E-state index contributed by atoms with van der Waals surface area (Å²) in [5.41, 5.74) is 1.31. The second-order valence-corrected chi connectivity index (χ2v) is 8.70. The van der Waals surface area contributed by atoms with Crippen LogP contribution < -0.4 is 4.90 Å². The summed E-state index contributed by atoms with van der Waals surface area (Å²) in [5, 5.41) is 0. The first kappa shape index (κ1) is 20.3. The molecule has 7 nitrogen and oxygen atoms in total. The summed E-state index contributed by atoms with van der Waals surface area (Å²) in [6, 6.07) is 9.50. The third-order valence-corrected chi connectivity index (χ3v) is 6.44. The number of rotatable bonds is 3. The van der Waals surface area contributed by atoms with Gasteiger partial charge in [-0.25, -0.2) is 9.97 Å². The van der Waals surface area contributed by atoms with Crippen molar-refractivity contribution in [3.63, 3.8) is 0 Å². The predicted octanol–water partition coefficient (Wildman–Crippen LogP) is 2.23. The van der Waals surface area contributed by atoms with Gasteiger partial charge >= 0.3 is 0 Å². The maximum Gasteiger partial charge on any atom is 0.253 e. The molecule has 2 aliphatic heterocycles. The normalized spacial score (nSPS) is 23.6. The van der Waals surface area contributed by atoms with Crippen molar-refractivity contribution in [2.75, 3.05) is 45.2 Å². The first-order valence-electron chi connectivity index (χ1n) is 10.5. The number of hydrogen-bond acceptors (Lipinski definition) is 5. The largest absolute Gasteiger partial charge is 0.348 e. The molecule has 158 valence electrons. The SMILES string of the molecule is Cc1ccc(C(=O)N2CCC[C@]3(C(=O)N(C)C)CN(c4ncccn4)C[C@@H]3C2)cc1. The highest BCUT2D eigenvalue weighted by Gasteiger charge is 2.54. The molecule has 0 bridgehead atoms. The Balaban J connectivity index is 1.63. The van der Waals surface area contributed by atoms with Crippen LogP contribution in [-0.2, 0) is 4.79 Å². The van der Waals surface area contributed by atoms with Crippen molar-refractivity contribution in [1.29, 1.82) is 0 Å². The number of likely N-dealkylation sites (tertiary alicyclic amines) is 1. The van der Waals surface area contributed by atoms with Gasteiger partial charge in [0.05, 0.1) is 5.41 Å². The molecule has 3 heterocycles. The molecule has 2 amide bonds. The van der Waals surface area contributed by atoms with Crippen molar-refractivity contribution in [3.8, 4) is 0 Å². The molecule has 4 rings (SSSR count). The highest BCUT2D eigenvalue weighted by Crippen LogP contribution is 2.44. The van der Waals surface area contributed by atoms with E-state index in [1.165, 1.54) is 0 Å². The minimum absolute atomic E-state index is 0.0353. The fourth-order valence-corrected chi connectivity index (χ4v) is 4.90. The van der Waals surface area contributed by atoms with Crippen LogP contribution in [0.5, 0.6) is 0 Å². The summed E-state index contributed by atoms with van der Waals surface area (Å²) in [4.78, 5) is 41.1. The first-order chi connectivity index (χ1) is 14.4. The Labute approximate surface area is 177 Å². The number of aromatic nitrogens is 2. The van der Waals surface area contributed by atoms with Crippen molar-refractivity contribution in [3.05, 3.63) is 53.9 Å². The van der Waals surface area contributed by atoms with Gasteiger partial charge in [0, 0.05) is 64.1 Å². The molecule has 30 heavy (non-hydrogen) atoms. The van der Waals surface area contributed by atoms with Gasteiger partial charge in [0.2, 0.25) is 11.9 Å². The zero-order valence-corrected chi connectivity index (χ0v) is 17.9. The molecule has 0 N–H and O–H groups in total. The van der Waals surface area contributed by atoms with Crippen LogP contribution in [0.3, 0.4) is 0 Å². The van der Waals surface area contributed by atoms with Gasteiger partial charge in [-0.05, 0) is 38.0 Å². The number of aryl methyl sites for hydroxylation is 1. The lowest BCUT2D eigenvalue weighted by Gasteiger charge is -2.34. The van der Waals surface area contributed by atoms with Crippen LogP contribution in [0.25, 0.3) is 0 Å². The lowest BCUT2D eigenvalue weighted by molar-refractivity contribution is -0.141. The van der Waals surface area contributed by atoms with Crippen molar-refractivity contribution < 1.29 is 9.59 Å². The molecule has 0 radical (unpaired) electrons. The maximum atomic E-state index is 13.4. The van der Waals surface area contributed by atoms with E-state index in [9.17, 15) is 9.59 Å². The minimum atomic E-state index is -0.523. The van der Waals surface area contributed by atoms with Gasteiger partial charge in [-0.15, -0.1) is 0 Å². The Morgan fingerprint density at radius 2 is 1.80 bits per heavy atom. The summed E-state index contributed by atoms with van der Waals surface area (Å²) >= 11 is 0. The van der Waals surface area contributed by atoms with Crippen LogP contribution in [0, 0.1) is 18.3 Å². The number of anilines is 1. The average molecular weight is 408 g/mol. The first-order valence-corrected chi connectivity index (χ1v) is 10.5. The van der Waals surface area contributed by atoms with Crippen LogP contribution in [0.4, 0.5) is 5.95 Å². The van der Waals surface area contributed by atoms with Crippen LogP contribution in [0.15, 0.2) is 42.7 Å². The zero-order chi connectivity index (χ0) is 21.3. The fraction of sp³-hybridized carbons (Fsp3) is 0.478. The quantitative estimate of drug-likeness (QED) is 0.780. The number of carbonyl (C=O) groups excluding carboxylic acids is 2. The Bertz CT molecular complexity index is 915. The Kier molecular flexibility index (Phi) is 5.45. The molecular weight excluding hydrogens is 378 g/mol. The number of fused-ring (bicyclic) bond motifs is 1. The van der Waals surface area contributed by atoms with E-state index < -0.39 is 5.41 Å². The molecule has 2 aromatic rings. The standard InChI is InChI=1S/C23H29N5O2/c1-17-6-8-18(9-7-17)20(29)27-13-4-10-23(21(30)26(2)3)16-28(15-19(23)14-27)22-24-11-5-12-25-22/h5-9,11-12,19H,4,10,13-16H2,1-3H3/t19-,23-/m0/s1. The second-order valence-electron chi connectivity index (χ2n) is 8.70. The van der Waals surface area contributed by atoms with Gasteiger partial charge in [0.25, 0.3) is 5.91 Å². The molecule has 2 atom stereocenters. The Morgan fingerprint density at radius 3 is 2.47 bits per heavy atom. The van der Waals surface area contributed by atoms with Crippen molar-refractivity contribution in [2.24, 2.45) is 11.3 Å². The van der Waals surface area contributed by atoms with E-state index in [-0.39, 0.29) is 17.7 Å². The molecule has 2 saturated heterocycles. The monoisotopic (exact) mass is 407 g/mol. The molecule has 0 spiro atoms. The lowest BCUT2D eigenvalue weighted by Crippen LogP contribution is -2.47. The van der Waals surface area contributed by atoms with E-state index >= 15 is 0 Å². The molecule has 7 heteroatoms. The van der Waals surface area contributed by atoms with E-state index in [4.69, 9.17) is 0 Å². The minimum Gasteiger partial charge on any atom is -0.348 e. The fourth-order valence-electron chi connectivity index (χ4n) is 4.90. The van der Waals surface area contributed by atoms with E-state index in [0.717, 1.165) is 18.4 Å². The third-order valence-electron chi connectivity index (χ3n) is 6.44. The molecule has 0 saturated carbocycles. The van der Waals surface area contributed by atoms with E-state index in [1.54, 1.807) is 23.4 Å². The second kappa shape index (κ2) is 8.05. The predicted molar refractivity (Wildman–Crippen MR) is 115 cm³/mol. The van der Waals surface area contributed by atoms with Crippen LogP contribution in [0.1, 0.15) is 28.8 Å². The Hall–Kier alpha value is -2.96. The maximum absolute atomic E-state index is 13.4. The number of nitrogens with zero attached hydrogens (tertiary/aromatic N) is 5. The topological polar surface area (TPSA) is 69.6 Å². The van der Waals surface area contributed by atoms with Gasteiger partial charge in [-0.3, -0.25) is 9.59 Å². The van der Waals surface area contributed by atoms with E-state index in [0.29, 0.717) is 37.7 Å². The Morgan fingerprint density at radius 1 is 1.10 bits per heavy atom. The van der Waals surface area contributed by atoms with E-state index in [1.807, 2.05) is 50.2 Å². The van der Waals surface area contributed by atoms with Crippen molar-refractivity contribution >= 4 is 17.8 Å². The van der Waals surface area contributed by atoms with Gasteiger partial charge in [0.1, 0.15) is 0 Å². The van der Waals surface area contributed by atoms with Crippen LogP contribution in [0.2, 0.25) is 0 Å². The van der Waals surface area contributed by atoms with Gasteiger partial charge in [0.15, 0.2) is 0 Å². The zero-order valence-electron chi connectivity index (χ0n) is 17.9. The highest BCUT2D eigenvalue weighted by molar-refractivity contribution is 5.94. The molecule has 1 aromatic carbocycles. The van der Waals surface area contributed by atoms with Gasteiger partial charge < -0.3 is 14.7 Å². The van der Waals surface area contributed by atoms with Crippen LogP contribution in [-0.4, -0.2) is 71.9 Å². The molecule has 0 unspecified atom stereocenters. The van der Waals surface area contributed by atoms with Gasteiger partial charge in [-0.2, -0.15) is 0 Å². The molecule has 1 aromatic heterocycles. The summed E-state index contributed by atoms with van der Waals surface area (Å²) in [6.07, 6.45) is 5.02. The molecule has 2 aliphatic rings.